The van der Waals surface area contributed by atoms with Crippen LogP contribution in [0.25, 0.3) is 0 Å². The number of aryl methyl sites for hydroxylation is 1. The monoisotopic (exact) mass is 445 g/mol. The molecule has 3 rings (SSSR count). The maximum atomic E-state index is 12.7. The molecule has 3 N–H and O–H groups in total. The molecule has 1 aromatic carbocycles. The number of aromatic nitrogens is 1. The number of hydrogen-bond acceptors (Lipinski definition) is 6. The second kappa shape index (κ2) is 9.48. The molecule has 9 nitrogen and oxygen atoms in total. The van der Waals surface area contributed by atoms with Gasteiger partial charge in [-0.25, -0.2) is 4.98 Å². The molecule has 2 aromatic rings. The number of aliphatic hydroxyl groups excluding tert-OH is 1. The van der Waals surface area contributed by atoms with Gasteiger partial charge in [-0.3, -0.25) is 14.4 Å². The van der Waals surface area contributed by atoms with Crippen LogP contribution in [-0.4, -0.2) is 51.0 Å². The Morgan fingerprint density at radius 2 is 2.00 bits per heavy atom. The lowest BCUT2D eigenvalue weighted by Gasteiger charge is -2.28. The van der Waals surface area contributed by atoms with Crippen LogP contribution in [0.15, 0.2) is 47.9 Å². The number of nitrogens with zero attached hydrogens (tertiary/aromatic N) is 2. The van der Waals surface area contributed by atoms with Crippen LogP contribution in [0.4, 0.5) is 0 Å². The summed E-state index contributed by atoms with van der Waals surface area (Å²) < 4.78 is 5.75. The van der Waals surface area contributed by atoms with E-state index in [0.29, 0.717) is 22.2 Å². The largest absolute Gasteiger partial charge is 0.511 e. The molecule has 10 heteroatoms. The lowest BCUT2D eigenvalue weighted by molar-refractivity contribution is -0.138. The van der Waals surface area contributed by atoms with Gasteiger partial charge < -0.3 is 25.2 Å². The van der Waals surface area contributed by atoms with Crippen LogP contribution < -0.4 is 10.1 Å². The number of carboxylic acids is 1. The lowest BCUT2D eigenvalue weighted by Crippen LogP contribution is -2.43. The van der Waals surface area contributed by atoms with Crippen molar-refractivity contribution in [3.8, 4) is 11.6 Å². The van der Waals surface area contributed by atoms with Crippen molar-refractivity contribution >= 4 is 29.4 Å². The molecule has 0 radical (unpaired) electrons. The Morgan fingerprint density at radius 3 is 2.65 bits per heavy atom. The van der Waals surface area contributed by atoms with Gasteiger partial charge >= 0.3 is 5.97 Å². The highest BCUT2D eigenvalue weighted by atomic mass is 35.5. The van der Waals surface area contributed by atoms with Gasteiger partial charge in [0.2, 0.25) is 5.88 Å². The zero-order chi connectivity index (χ0) is 22.5. The molecule has 0 atom stereocenters. The number of amides is 2. The summed E-state index contributed by atoms with van der Waals surface area (Å²) in [4.78, 5) is 41.2. The van der Waals surface area contributed by atoms with E-state index >= 15 is 0 Å². The van der Waals surface area contributed by atoms with Gasteiger partial charge in [-0.1, -0.05) is 11.6 Å². The fourth-order valence-electron chi connectivity index (χ4n) is 3.02. The van der Waals surface area contributed by atoms with Crippen molar-refractivity contribution in [3.05, 3.63) is 64.0 Å². The Labute approximate surface area is 182 Å². The van der Waals surface area contributed by atoms with Gasteiger partial charge in [-0.05, 0) is 42.8 Å². The Morgan fingerprint density at radius 1 is 1.29 bits per heavy atom. The van der Waals surface area contributed by atoms with Gasteiger partial charge in [0.1, 0.15) is 23.6 Å². The van der Waals surface area contributed by atoms with E-state index in [1.54, 1.807) is 30.5 Å². The molecule has 1 aliphatic rings. The molecule has 162 valence electrons. The molecular weight excluding hydrogens is 426 g/mol. The quantitative estimate of drug-likeness (QED) is 0.558. The number of pyridine rings is 1. The molecule has 0 spiro atoms. The Kier molecular flexibility index (Phi) is 6.76. The molecule has 0 bridgehead atoms. The van der Waals surface area contributed by atoms with E-state index in [1.807, 2.05) is 13.0 Å². The summed E-state index contributed by atoms with van der Waals surface area (Å²) in [5.74, 6) is -2.22. The van der Waals surface area contributed by atoms with E-state index in [1.165, 1.54) is 4.90 Å². The van der Waals surface area contributed by atoms with Crippen molar-refractivity contribution in [3.63, 3.8) is 0 Å². The zero-order valence-electron chi connectivity index (χ0n) is 16.6. The van der Waals surface area contributed by atoms with E-state index in [0.717, 1.165) is 5.56 Å². The van der Waals surface area contributed by atoms with Crippen molar-refractivity contribution in [2.75, 3.05) is 13.1 Å². The second-order valence-electron chi connectivity index (χ2n) is 6.90. The Balaban J connectivity index is 1.70. The highest BCUT2D eigenvalue weighted by Crippen LogP contribution is 2.26. The van der Waals surface area contributed by atoms with Gasteiger partial charge in [-0.15, -0.1) is 0 Å². The van der Waals surface area contributed by atoms with Crippen LogP contribution >= 0.6 is 11.6 Å². The predicted octanol–water partition coefficient (Wildman–Crippen LogP) is 2.58. The van der Waals surface area contributed by atoms with Crippen molar-refractivity contribution in [2.24, 2.45) is 0 Å². The number of hydrogen-bond donors (Lipinski definition) is 3. The van der Waals surface area contributed by atoms with E-state index < -0.39 is 29.9 Å². The molecule has 0 unspecified atom stereocenters. The number of aliphatic carboxylic acids is 1. The number of carbonyl (C=O) groups excluding carboxylic acids is 2. The molecule has 0 fully saturated rings. The number of carbonyl (C=O) groups is 3. The summed E-state index contributed by atoms with van der Waals surface area (Å²) >= 11 is 5.87. The summed E-state index contributed by atoms with van der Waals surface area (Å²) in [6.45, 7) is 1.54. The third-order valence-corrected chi connectivity index (χ3v) is 4.78. The average Bonchev–Trinajstić information content (AvgIpc) is 2.72. The molecule has 31 heavy (non-hydrogen) atoms. The zero-order valence-corrected chi connectivity index (χ0v) is 17.3. The van der Waals surface area contributed by atoms with Crippen LogP contribution in [0.5, 0.6) is 11.6 Å². The normalized spacial score (nSPS) is 13.9. The van der Waals surface area contributed by atoms with E-state index in [4.69, 9.17) is 21.4 Å². The van der Waals surface area contributed by atoms with Crippen LogP contribution in [0.3, 0.4) is 0 Å². The van der Waals surface area contributed by atoms with E-state index in [-0.39, 0.29) is 25.3 Å². The van der Waals surface area contributed by atoms with Crippen molar-refractivity contribution in [1.29, 1.82) is 0 Å². The number of carboxylic acid groups (broad SMARTS) is 1. The van der Waals surface area contributed by atoms with Crippen LogP contribution in [0.2, 0.25) is 5.02 Å². The summed E-state index contributed by atoms with van der Waals surface area (Å²) in [5.41, 5.74) is 1.01. The van der Waals surface area contributed by atoms with E-state index in [2.05, 4.69) is 10.3 Å². The van der Waals surface area contributed by atoms with Gasteiger partial charge in [0.05, 0.1) is 0 Å². The fraction of sp³-hybridized carbons (Fsp3) is 0.238. The number of halogens is 1. The van der Waals surface area contributed by atoms with Crippen LogP contribution in [-0.2, 0) is 20.9 Å². The number of rotatable bonds is 7. The maximum Gasteiger partial charge on any atom is 0.322 e. The van der Waals surface area contributed by atoms with Gasteiger partial charge in [0, 0.05) is 36.3 Å². The van der Waals surface area contributed by atoms with Gasteiger partial charge in [-0.2, -0.15) is 0 Å². The standard InChI is InChI=1S/C21H20ClN3O6/c1-12-8-13(9-24-20(12)31-15-4-2-14(22)3-5-15)11-25-7-6-16(26)18(21(25)30)19(29)23-10-17(27)28/h2-5,8-9,26H,6-7,10-11H2,1H3,(H,23,29)(H,27,28). The molecular formula is C21H20ClN3O6. The van der Waals surface area contributed by atoms with Gasteiger partial charge in [0.25, 0.3) is 11.8 Å². The summed E-state index contributed by atoms with van der Waals surface area (Å²) in [6.07, 6.45) is 1.65. The van der Waals surface area contributed by atoms with Crippen molar-refractivity contribution in [1.82, 2.24) is 15.2 Å². The minimum Gasteiger partial charge on any atom is -0.511 e. The Bertz CT molecular complexity index is 1050. The molecule has 2 amide bonds. The van der Waals surface area contributed by atoms with Crippen molar-refractivity contribution < 1.29 is 29.3 Å². The lowest BCUT2D eigenvalue weighted by atomic mass is 10.0. The fourth-order valence-corrected chi connectivity index (χ4v) is 3.15. The highest BCUT2D eigenvalue weighted by molar-refractivity contribution is 6.30. The number of ether oxygens (including phenoxy) is 1. The maximum absolute atomic E-state index is 12.7. The molecule has 2 heterocycles. The van der Waals surface area contributed by atoms with Crippen LogP contribution in [0.1, 0.15) is 17.5 Å². The molecule has 0 saturated carbocycles. The smallest absolute Gasteiger partial charge is 0.322 e. The first-order valence-corrected chi connectivity index (χ1v) is 9.72. The Hall–Kier alpha value is -3.59. The van der Waals surface area contributed by atoms with E-state index in [9.17, 15) is 19.5 Å². The summed E-state index contributed by atoms with van der Waals surface area (Å²) in [6, 6.07) is 8.66. The SMILES string of the molecule is Cc1cc(CN2CCC(O)=C(C(=O)NCC(=O)O)C2=O)cnc1Oc1ccc(Cl)cc1. The number of nitrogens with one attached hydrogen (secondary N) is 1. The minimum absolute atomic E-state index is 0.0890. The average molecular weight is 446 g/mol. The summed E-state index contributed by atoms with van der Waals surface area (Å²) in [5, 5.41) is 21.4. The predicted molar refractivity (Wildman–Crippen MR) is 111 cm³/mol. The third-order valence-electron chi connectivity index (χ3n) is 4.52. The topological polar surface area (TPSA) is 129 Å². The first-order chi connectivity index (χ1) is 14.7. The second-order valence-corrected chi connectivity index (χ2v) is 7.33. The molecule has 1 aliphatic heterocycles. The first-order valence-electron chi connectivity index (χ1n) is 9.35. The molecule has 0 saturated heterocycles. The van der Waals surface area contributed by atoms with Crippen molar-refractivity contribution in [2.45, 2.75) is 19.9 Å². The third kappa shape index (κ3) is 5.52. The first kappa shape index (κ1) is 22.1. The number of aliphatic hydroxyl groups is 1. The number of benzene rings is 1. The summed E-state index contributed by atoms with van der Waals surface area (Å²) in [7, 11) is 0. The highest BCUT2D eigenvalue weighted by Gasteiger charge is 2.32. The minimum atomic E-state index is -1.25. The van der Waals surface area contributed by atoms with Gasteiger partial charge in [0.15, 0.2) is 0 Å². The molecule has 1 aromatic heterocycles. The molecule has 0 aliphatic carbocycles. The van der Waals surface area contributed by atoms with Crippen LogP contribution in [0, 0.1) is 6.92 Å².